The Balaban J connectivity index is 3.14. The van der Waals surface area contributed by atoms with Gasteiger partial charge in [0.15, 0.2) is 6.10 Å². The molecule has 0 aromatic heterocycles. The molecule has 0 aliphatic heterocycles. The Bertz CT molecular complexity index is 417. The van der Waals surface area contributed by atoms with Crippen LogP contribution in [-0.2, 0) is 11.0 Å². The molecule has 0 aliphatic rings. The Morgan fingerprint density at radius 1 is 1.38 bits per heavy atom. The normalized spacial score (nSPS) is 13.6. The van der Waals surface area contributed by atoms with Crippen LogP contribution in [0.5, 0.6) is 0 Å². The van der Waals surface area contributed by atoms with Crippen molar-refractivity contribution in [1.82, 2.24) is 0 Å². The van der Waals surface area contributed by atoms with Crippen molar-refractivity contribution < 1.29 is 28.2 Å². The zero-order valence-corrected chi connectivity index (χ0v) is 9.21. The third-order valence-corrected chi connectivity index (χ3v) is 2.50. The van der Waals surface area contributed by atoms with E-state index in [4.69, 9.17) is 10.2 Å². The number of carboxylic acids is 1. The van der Waals surface area contributed by atoms with Crippen molar-refractivity contribution in [3.63, 3.8) is 0 Å². The van der Waals surface area contributed by atoms with Gasteiger partial charge in [-0.2, -0.15) is 13.2 Å². The van der Waals surface area contributed by atoms with E-state index in [2.05, 4.69) is 15.9 Å². The fraction of sp³-hybridized carbons (Fsp3) is 0.222. The molecule has 0 heterocycles. The molecule has 88 valence electrons. The highest BCUT2D eigenvalue weighted by Gasteiger charge is 2.33. The van der Waals surface area contributed by atoms with Crippen molar-refractivity contribution in [3.8, 4) is 0 Å². The van der Waals surface area contributed by atoms with Gasteiger partial charge in [0.25, 0.3) is 0 Å². The number of benzene rings is 1. The molecule has 0 spiro atoms. The lowest BCUT2D eigenvalue weighted by atomic mass is 10.1. The number of aliphatic hydroxyl groups excluding tert-OH is 1. The van der Waals surface area contributed by atoms with E-state index in [1.165, 1.54) is 0 Å². The molecule has 0 saturated heterocycles. The molecule has 0 saturated carbocycles. The second kappa shape index (κ2) is 4.42. The predicted octanol–water partition coefficient (Wildman–Crippen LogP) is 2.59. The Kier molecular flexibility index (Phi) is 3.59. The molecule has 1 atom stereocenters. The minimum atomic E-state index is -4.52. The van der Waals surface area contributed by atoms with Crippen molar-refractivity contribution in [2.45, 2.75) is 12.3 Å². The maximum Gasteiger partial charge on any atom is 0.417 e. The van der Waals surface area contributed by atoms with Crippen LogP contribution in [0.2, 0.25) is 0 Å². The van der Waals surface area contributed by atoms with Crippen LogP contribution in [-0.4, -0.2) is 16.2 Å². The van der Waals surface area contributed by atoms with Crippen molar-refractivity contribution in [2.24, 2.45) is 0 Å². The highest BCUT2D eigenvalue weighted by Crippen LogP contribution is 2.35. The molecule has 0 fully saturated rings. The fourth-order valence-corrected chi connectivity index (χ4v) is 1.70. The monoisotopic (exact) mass is 298 g/mol. The number of hydrogen-bond donors (Lipinski definition) is 2. The summed E-state index contributed by atoms with van der Waals surface area (Å²) in [5.74, 6) is -1.52. The Morgan fingerprint density at radius 2 is 1.94 bits per heavy atom. The first kappa shape index (κ1) is 13.0. The third-order valence-electron chi connectivity index (χ3n) is 1.85. The van der Waals surface area contributed by atoms with Gasteiger partial charge in [0, 0.05) is 4.47 Å². The lowest BCUT2D eigenvalue weighted by molar-refractivity contribution is -0.146. The smallest absolute Gasteiger partial charge is 0.417 e. The van der Waals surface area contributed by atoms with E-state index >= 15 is 0 Å². The van der Waals surface area contributed by atoms with Gasteiger partial charge in [0.2, 0.25) is 0 Å². The molecule has 1 aromatic rings. The van der Waals surface area contributed by atoms with Gasteiger partial charge in [0.1, 0.15) is 0 Å². The maximum absolute atomic E-state index is 12.3. The Morgan fingerprint density at radius 3 is 2.31 bits per heavy atom. The molecule has 1 aromatic carbocycles. The topological polar surface area (TPSA) is 57.5 Å². The SMILES string of the molecule is O=C(O)[C@H](O)c1ccc(C(F)(F)F)c(Br)c1. The summed E-state index contributed by atoms with van der Waals surface area (Å²) in [5.41, 5.74) is -1.04. The van der Waals surface area contributed by atoms with Crippen LogP contribution in [0, 0.1) is 0 Å². The van der Waals surface area contributed by atoms with Crippen molar-refractivity contribution in [3.05, 3.63) is 33.8 Å². The number of halogens is 4. The number of rotatable bonds is 2. The molecule has 0 radical (unpaired) electrons. The summed E-state index contributed by atoms with van der Waals surface area (Å²) in [5, 5.41) is 17.6. The Hall–Kier alpha value is -1.08. The highest BCUT2D eigenvalue weighted by atomic mass is 79.9. The average molecular weight is 299 g/mol. The molecule has 0 aliphatic carbocycles. The van der Waals surface area contributed by atoms with Gasteiger partial charge in [-0.05, 0) is 17.7 Å². The summed E-state index contributed by atoms with van der Waals surface area (Å²) < 4.78 is 36.7. The van der Waals surface area contributed by atoms with Crippen molar-refractivity contribution in [2.75, 3.05) is 0 Å². The standard InChI is InChI=1S/C9H6BrF3O3/c10-6-3-4(7(14)8(15)16)1-2-5(6)9(11,12)13/h1-3,7,14H,(H,15,16)/t7-/m1/s1. The zero-order valence-electron chi connectivity index (χ0n) is 7.62. The summed E-state index contributed by atoms with van der Waals surface area (Å²) >= 11 is 2.68. The number of alkyl halides is 3. The van der Waals surface area contributed by atoms with Crippen LogP contribution in [0.4, 0.5) is 13.2 Å². The second-order valence-corrected chi connectivity index (χ2v) is 3.83. The molecule has 0 bridgehead atoms. The highest BCUT2D eigenvalue weighted by molar-refractivity contribution is 9.10. The van der Waals surface area contributed by atoms with Crippen LogP contribution < -0.4 is 0 Å². The largest absolute Gasteiger partial charge is 0.479 e. The number of aliphatic carboxylic acids is 1. The first-order chi connectivity index (χ1) is 7.23. The number of carbonyl (C=O) groups is 1. The van der Waals surface area contributed by atoms with Crippen molar-refractivity contribution >= 4 is 21.9 Å². The summed E-state index contributed by atoms with van der Waals surface area (Å²) in [6, 6.07) is 2.57. The van der Waals surface area contributed by atoms with E-state index in [-0.39, 0.29) is 10.0 Å². The molecule has 16 heavy (non-hydrogen) atoms. The van der Waals surface area contributed by atoms with Gasteiger partial charge in [-0.3, -0.25) is 0 Å². The minimum Gasteiger partial charge on any atom is -0.479 e. The molecule has 2 N–H and O–H groups in total. The van der Waals surface area contributed by atoms with Crippen molar-refractivity contribution in [1.29, 1.82) is 0 Å². The average Bonchev–Trinajstić information content (AvgIpc) is 2.14. The summed E-state index contributed by atoms with van der Waals surface area (Å²) in [7, 11) is 0. The van der Waals surface area contributed by atoms with E-state index in [1.807, 2.05) is 0 Å². The fourth-order valence-electron chi connectivity index (χ4n) is 1.07. The summed E-state index contributed by atoms with van der Waals surface area (Å²) in [6.45, 7) is 0. The van der Waals surface area contributed by atoms with Crippen LogP contribution in [0.3, 0.4) is 0 Å². The second-order valence-electron chi connectivity index (χ2n) is 2.98. The quantitative estimate of drug-likeness (QED) is 0.882. The number of hydrogen-bond acceptors (Lipinski definition) is 2. The van der Waals surface area contributed by atoms with E-state index in [1.54, 1.807) is 0 Å². The third kappa shape index (κ3) is 2.73. The number of aliphatic hydroxyl groups is 1. The van der Waals surface area contributed by atoms with Crippen LogP contribution in [0.25, 0.3) is 0 Å². The maximum atomic E-state index is 12.3. The van der Waals surface area contributed by atoms with E-state index < -0.39 is 23.8 Å². The van der Waals surface area contributed by atoms with Gasteiger partial charge in [-0.25, -0.2) is 4.79 Å². The minimum absolute atomic E-state index is 0.118. The molecular weight excluding hydrogens is 293 g/mol. The molecule has 0 amide bonds. The summed E-state index contributed by atoms with van der Waals surface area (Å²) in [6.07, 6.45) is -6.36. The van der Waals surface area contributed by atoms with Gasteiger partial charge >= 0.3 is 12.1 Å². The van der Waals surface area contributed by atoms with Gasteiger partial charge < -0.3 is 10.2 Å². The lowest BCUT2D eigenvalue weighted by Gasteiger charge is -2.11. The van der Waals surface area contributed by atoms with E-state index in [0.717, 1.165) is 12.1 Å². The van der Waals surface area contributed by atoms with Gasteiger partial charge in [0.05, 0.1) is 5.56 Å². The molecule has 0 unspecified atom stereocenters. The molecule has 7 heteroatoms. The van der Waals surface area contributed by atoms with Crippen LogP contribution in [0.15, 0.2) is 22.7 Å². The molecular formula is C9H6BrF3O3. The number of carboxylic acid groups (broad SMARTS) is 1. The van der Waals surface area contributed by atoms with Gasteiger partial charge in [-0.15, -0.1) is 0 Å². The van der Waals surface area contributed by atoms with Crippen LogP contribution >= 0.6 is 15.9 Å². The molecule has 3 nitrogen and oxygen atoms in total. The first-order valence-corrected chi connectivity index (χ1v) is 4.80. The predicted molar refractivity (Wildman–Crippen MR) is 51.7 cm³/mol. The summed E-state index contributed by atoms with van der Waals surface area (Å²) in [4.78, 5) is 10.4. The zero-order chi connectivity index (χ0) is 12.5. The van der Waals surface area contributed by atoms with Crippen LogP contribution in [0.1, 0.15) is 17.2 Å². The van der Waals surface area contributed by atoms with E-state index in [9.17, 15) is 18.0 Å². The lowest BCUT2D eigenvalue weighted by Crippen LogP contribution is -2.12. The first-order valence-electron chi connectivity index (χ1n) is 4.01. The van der Waals surface area contributed by atoms with E-state index in [0.29, 0.717) is 6.07 Å². The Labute approximate surface area is 96.6 Å². The molecule has 1 rings (SSSR count). The van der Waals surface area contributed by atoms with Gasteiger partial charge in [-0.1, -0.05) is 22.0 Å².